The van der Waals surface area contributed by atoms with Crippen molar-refractivity contribution in [2.75, 3.05) is 5.88 Å². The van der Waals surface area contributed by atoms with Gasteiger partial charge in [0.1, 0.15) is 0 Å². The average molecular weight is 281 g/mol. The van der Waals surface area contributed by atoms with Gasteiger partial charge in [-0.05, 0) is 19.1 Å². The van der Waals surface area contributed by atoms with Gasteiger partial charge in [-0.1, -0.05) is 29.3 Å². The fraction of sp³-hybridized carbons (Fsp3) is 0.455. The van der Waals surface area contributed by atoms with Gasteiger partial charge in [0.2, 0.25) is 0 Å². The molecule has 1 N–H and O–H groups in total. The van der Waals surface area contributed by atoms with Crippen LogP contribution in [0.25, 0.3) is 0 Å². The predicted octanol–water partition coefficient (Wildman–Crippen LogP) is 3.81. The van der Waals surface area contributed by atoms with Crippen LogP contribution >= 0.6 is 34.8 Å². The van der Waals surface area contributed by atoms with E-state index in [4.69, 9.17) is 39.6 Å². The number of halogens is 3. The molecule has 1 aliphatic heterocycles. The predicted molar refractivity (Wildman–Crippen MR) is 67.1 cm³/mol. The zero-order valence-electron chi connectivity index (χ0n) is 8.71. The molecule has 2 rings (SSSR count). The highest BCUT2D eigenvalue weighted by Gasteiger charge is 2.37. The second kappa shape index (κ2) is 5.11. The molecule has 5 heteroatoms. The third-order valence-electron chi connectivity index (χ3n) is 2.90. The molecule has 0 aliphatic carbocycles. The fourth-order valence-corrected chi connectivity index (χ4v) is 2.98. The summed E-state index contributed by atoms with van der Waals surface area (Å²) >= 11 is 18.3. The van der Waals surface area contributed by atoms with Gasteiger partial charge in [-0.3, -0.25) is 4.84 Å². The summed E-state index contributed by atoms with van der Waals surface area (Å²) in [6, 6.07) is 5.41. The Morgan fingerprint density at radius 1 is 1.31 bits per heavy atom. The molecule has 1 aliphatic rings. The molecule has 0 aromatic heterocycles. The lowest BCUT2D eigenvalue weighted by Crippen LogP contribution is -2.21. The minimum Gasteiger partial charge on any atom is -0.298 e. The van der Waals surface area contributed by atoms with Gasteiger partial charge >= 0.3 is 0 Å². The maximum absolute atomic E-state index is 6.16. The van der Waals surface area contributed by atoms with Crippen molar-refractivity contribution in [1.29, 1.82) is 0 Å². The summed E-state index contributed by atoms with van der Waals surface area (Å²) in [7, 11) is 0. The van der Waals surface area contributed by atoms with E-state index in [-0.39, 0.29) is 18.1 Å². The van der Waals surface area contributed by atoms with E-state index >= 15 is 0 Å². The largest absolute Gasteiger partial charge is 0.298 e. The topological polar surface area (TPSA) is 21.3 Å². The second-order valence-electron chi connectivity index (χ2n) is 3.87. The van der Waals surface area contributed by atoms with Crippen LogP contribution < -0.4 is 5.48 Å². The van der Waals surface area contributed by atoms with E-state index in [1.165, 1.54) is 0 Å². The molecule has 0 spiro atoms. The Morgan fingerprint density at radius 2 is 1.94 bits per heavy atom. The quantitative estimate of drug-likeness (QED) is 0.832. The summed E-state index contributed by atoms with van der Waals surface area (Å²) in [4.78, 5) is 5.38. The lowest BCUT2D eigenvalue weighted by Gasteiger charge is -2.19. The molecule has 1 saturated heterocycles. The molecular formula is C11H12Cl3NO. The van der Waals surface area contributed by atoms with Gasteiger partial charge in [-0.25, -0.2) is 0 Å². The number of hydrogen-bond acceptors (Lipinski definition) is 2. The molecule has 1 heterocycles. The smallest absolute Gasteiger partial charge is 0.0821 e. The highest BCUT2D eigenvalue weighted by atomic mass is 35.5. The Morgan fingerprint density at radius 3 is 2.50 bits per heavy atom. The number of alkyl halides is 1. The van der Waals surface area contributed by atoms with Crippen molar-refractivity contribution < 1.29 is 4.84 Å². The van der Waals surface area contributed by atoms with E-state index in [1.807, 2.05) is 25.1 Å². The average Bonchev–Trinajstić information content (AvgIpc) is 2.59. The number of rotatable bonds is 2. The van der Waals surface area contributed by atoms with Gasteiger partial charge in [0, 0.05) is 27.4 Å². The first kappa shape index (κ1) is 12.5. The van der Waals surface area contributed by atoms with Crippen molar-refractivity contribution >= 4 is 34.8 Å². The Hall–Kier alpha value is 0.01000. The Kier molecular flexibility index (Phi) is 3.98. The summed E-state index contributed by atoms with van der Waals surface area (Å²) in [6.45, 7) is 1.98. The summed E-state index contributed by atoms with van der Waals surface area (Å²) in [5.41, 5.74) is 3.81. The normalized spacial score (nSPS) is 29.6. The van der Waals surface area contributed by atoms with Crippen LogP contribution in [0.3, 0.4) is 0 Å². The maximum Gasteiger partial charge on any atom is 0.0821 e. The van der Waals surface area contributed by atoms with Crippen molar-refractivity contribution in [3.63, 3.8) is 0 Å². The Labute approximate surface area is 110 Å². The zero-order chi connectivity index (χ0) is 11.7. The molecule has 0 bridgehead atoms. The van der Waals surface area contributed by atoms with E-state index in [9.17, 15) is 0 Å². The van der Waals surface area contributed by atoms with Gasteiger partial charge in [-0.15, -0.1) is 11.6 Å². The summed E-state index contributed by atoms with van der Waals surface area (Å²) in [6.07, 6.45) is 0.0508. The van der Waals surface area contributed by atoms with E-state index < -0.39 is 0 Å². The molecule has 0 radical (unpaired) electrons. The third-order valence-corrected chi connectivity index (χ3v) is 3.92. The molecule has 16 heavy (non-hydrogen) atoms. The van der Waals surface area contributed by atoms with Crippen molar-refractivity contribution in [3.8, 4) is 0 Å². The van der Waals surface area contributed by atoms with E-state index in [0.717, 1.165) is 5.56 Å². The lowest BCUT2D eigenvalue weighted by atomic mass is 9.92. The molecule has 3 unspecified atom stereocenters. The zero-order valence-corrected chi connectivity index (χ0v) is 11.0. The first-order valence-corrected chi connectivity index (χ1v) is 6.35. The summed E-state index contributed by atoms with van der Waals surface area (Å²) in [5.74, 6) is 0.666. The molecular weight excluding hydrogens is 268 g/mol. The summed E-state index contributed by atoms with van der Waals surface area (Å²) < 4.78 is 0. The van der Waals surface area contributed by atoms with Crippen LogP contribution in [0, 0.1) is 5.92 Å². The van der Waals surface area contributed by atoms with Crippen LogP contribution in [0.4, 0.5) is 0 Å². The van der Waals surface area contributed by atoms with Crippen molar-refractivity contribution in [2.24, 2.45) is 5.92 Å². The highest BCUT2D eigenvalue weighted by molar-refractivity contribution is 6.36. The molecule has 2 nitrogen and oxygen atoms in total. The number of hydrogen-bond donors (Lipinski definition) is 1. The number of nitrogens with one attached hydrogen (secondary N) is 1. The monoisotopic (exact) mass is 279 g/mol. The van der Waals surface area contributed by atoms with Crippen LogP contribution in [0.2, 0.25) is 10.0 Å². The van der Waals surface area contributed by atoms with E-state index in [0.29, 0.717) is 15.9 Å². The standard InChI is InChI=1S/C11H12Cl3NO/c1-6-7(5-12)11(15-16-6)10-8(13)3-2-4-9(10)14/h2-4,6-7,11,15H,5H2,1H3. The SMILES string of the molecule is CC1ONC(c2c(Cl)cccc2Cl)C1CCl. The first-order chi connectivity index (χ1) is 7.65. The van der Waals surface area contributed by atoms with Crippen LogP contribution in [-0.2, 0) is 4.84 Å². The minimum atomic E-state index is -0.0475. The van der Waals surface area contributed by atoms with Crippen molar-refractivity contribution in [3.05, 3.63) is 33.8 Å². The van der Waals surface area contributed by atoms with E-state index in [2.05, 4.69) is 5.48 Å². The minimum absolute atomic E-state index is 0.0475. The Bertz CT molecular complexity index is 365. The van der Waals surface area contributed by atoms with Crippen LogP contribution in [-0.4, -0.2) is 12.0 Å². The molecule has 1 aromatic rings. The molecule has 1 fully saturated rings. The van der Waals surface area contributed by atoms with Gasteiger partial charge in [0.15, 0.2) is 0 Å². The number of benzene rings is 1. The van der Waals surface area contributed by atoms with E-state index in [1.54, 1.807) is 0 Å². The van der Waals surface area contributed by atoms with Gasteiger partial charge in [0.05, 0.1) is 12.1 Å². The van der Waals surface area contributed by atoms with Crippen LogP contribution in [0.15, 0.2) is 18.2 Å². The van der Waals surface area contributed by atoms with Crippen LogP contribution in [0.5, 0.6) is 0 Å². The summed E-state index contributed by atoms with van der Waals surface area (Å²) in [5, 5.41) is 1.27. The first-order valence-electron chi connectivity index (χ1n) is 5.06. The van der Waals surface area contributed by atoms with Gasteiger partial charge in [0.25, 0.3) is 0 Å². The highest BCUT2D eigenvalue weighted by Crippen LogP contribution is 2.39. The lowest BCUT2D eigenvalue weighted by molar-refractivity contribution is 0.0309. The van der Waals surface area contributed by atoms with Gasteiger partial charge in [-0.2, -0.15) is 5.48 Å². The number of hydroxylamine groups is 1. The van der Waals surface area contributed by atoms with Crippen LogP contribution in [0.1, 0.15) is 18.5 Å². The molecule has 0 amide bonds. The third kappa shape index (κ3) is 2.18. The van der Waals surface area contributed by atoms with Crippen molar-refractivity contribution in [1.82, 2.24) is 5.48 Å². The van der Waals surface area contributed by atoms with Crippen molar-refractivity contribution in [2.45, 2.75) is 19.1 Å². The fourth-order valence-electron chi connectivity index (χ4n) is 1.92. The molecule has 0 saturated carbocycles. The molecule has 1 aromatic carbocycles. The maximum atomic E-state index is 6.16. The Balaban J connectivity index is 2.37. The molecule has 88 valence electrons. The second-order valence-corrected chi connectivity index (χ2v) is 4.99. The van der Waals surface area contributed by atoms with Gasteiger partial charge < -0.3 is 0 Å². The molecule has 3 atom stereocenters.